The Morgan fingerprint density at radius 2 is 1.84 bits per heavy atom. The number of rotatable bonds is 5. The molecule has 128 valence electrons. The van der Waals surface area contributed by atoms with Gasteiger partial charge in [0.05, 0.1) is 10.9 Å². The zero-order valence-electron chi connectivity index (χ0n) is 13.7. The van der Waals surface area contributed by atoms with Crippen LogP contribution in [-0.2, 0) is 4.79 Å². The first-order chi connectivity index (χ1) is 12.0. The smallest absolute Gasteiger partial charge is 0.237 e. The number of benzene rings is 2. The fourth-order valence-corrected chi connectivity index (χ4v) is 3.16. The molecule has 1 unspecified atom stereocenters. The summed E-state index contributed by atoms with van der Waals surface area (Å²) in [7, 11) is 0. The largest absolute Gasteiger partial charge is 0.325 e. The molecule has 0 spiro atoms. The molecule has 2 aromatic carbocycles. The van der Waals surface area contributed by atoms with Gasteiger partial charge < -0.3 is 5.32 Å². The van der Waals surface area contributed by atoms with Crippen molar-refractivity contribution in [1.29, 1.82) is 0 Å². The van der Waals surface area contributed by atoms with Gasteiger partial charge >= 0.3 is 0 Å². The van der Waals surface area contributed by atoms with E-state index in [0.29, 0.717) is 5.16 Å². The van der Waals surface area contributed by atoms with Crippen molar-refractivity contribution >= 4 is 39.3 Å². The second-order valence-corrected chi connectivity index (χ2v) is 7.69. The molecule has 1 atom stereocenters. The minimum Gasteiger partial charge on any atom is -0.325 e. The van der Waals surface area contributed by atoms with Crippen LogP contribution in [0.5, 0.6) is 0 Å². The first kappa shape index (κ1) is 17.6. The average molecular weight is 418 g/mol. The Morgan fingerprint density at radius 3 is 2.52 bits per heavy atom. The number of halogens is 1. The second-order valence-electron chi connectivity index (χ2n) is 5.47. The number of tetrazole rings is 1. The molecule has 0 aliphatic carbocycles. The highest BCUT2D eigenvalue weighted by atomic mass is 79.9. The Labute approximate surface area is 158 Å². The van der Waals surface area contributed by atoms with E-state index in [1.807, 2.05) is 62.4 Å². The van der Waals surface area contributed by atoms with Crippen LogP contribution in [-0.4, -0.2) is 31.4 Å². The first-order valence-corrected chi connectivity index (χ1v) is 9.29. The maximum Gasteiger partial charge on any atom is 0.237 e. The number of carbonyl (C=O) groups is 1. The molecule has 0 saturated carbocycles. The summed E-state index contributed by atoms with van der Waals surface area (Å²) in [5.41, 5.74) is 2.77. The normalized spacial score (nSPS) is 12.0. The predicted octanol–water partition coefficient (Wildman–Crippen LogP) is 3.85. The van der Waals surface area contributed by atoms with E-state index in [2.05, 4.69) is 36.8 Å². The topological polar surface area (TPSA) is 72.7 Å². The van der Waals surface area contributed by atoms with Crippen molar-refractivity contribution in [3.05, 3.63) is 58.6 Å². The summed E-state index contributed by atoms with van der Waals surface area (Å²) in [5.74, 6) is -0.106. The Kier molecular flexibility index (Phi) is 5.50. The third-order valence-corrected chi connectivity index (χ3v) is 5.04. The molecule has 1 amide bonds. The highest BCUT2D eigenvalue weighted by Gasteiger charge is 2.19. The lowest BCUT2D eigenvalue weighted by molar-refractivity contribution is -0.115. The molecule has 1 N–H and O–H groups in total. The molecule has 0 bridgehead atoms. The van der Waals surface area contributed by atoms with Crippen molar-refractivity contribution in [2.75, 3.05) is 5.32 Å². The van der Waals surface area contributed by atoms with Gasteiger partial charge in [-0.2, -0.15) is 4.68 Å². The number of thioether (sulfide) groups is 1. The van der Waals surface area contributed by atoms with Gasteiger partial charge in [-0.3, -0.25) is 4.79 Å². The molecule has 6 nitrogen and oxygen atoms in total. The van der Waals surface area contributed by atoms with Gasteiger partial charge in [-0.15, -0.1) is 5.10 Å². The lowest BCUT2D eigenvalue weighted by Gasteiger charge is -2.12. The molecule has 0 fully saturated rings. The average Bonchev–Trinajstić information content (AvgIpc) is 3.05. The SMILES string of the molecule is Cc1ccc(-n2nnnc2SC(C)C(=O)Nc2ccc(Br)cc2)cc1. The number of aromatic nitrogens is 4. The first-order valence-electron chi connectivity index (χ1n) is 7.61. The predicted molar refractivity (Wildman–Crippen MR) is 102 cm³/mol. The summed E-state index contributed by atoms with van der Waals surface area (Å²) >= 11 is 4.69. The van der Waals surface area contributed by atoms with E-state index in [-0.39, 0.29) is 11.2 Å². The maximum absolute atomic E-state index is 12.4. The van der Waals surface area contributed by atoms with E-state index < -0.39 is 0 Å². The molecular formula is C17H16BrN5OS. The van der Waals surface area contributed by atoms with Crippen molar-refractivity contribution in [3.8, 4) is 5.69 Å². The van der Waals surface area contributed by atoms with E-state index in [1.165, 1.54) is 11.8 Å². The van der Waals surface area contributed by atoms with Gasteiger partial charge in [0.25, 0.3) is 0 Å². The number of nitrogens with one attached hydrogen (secondary N) is 1. The monoisotopic (exact) mass is 417 g/mol. The molecular weight excluding hydrogens is 402 g/mol. The highest BCUT2D eigenvalue weighted by Crippen LogP contribution is 2.24. The Hall–Kier alpha value is -2.19. The van der Waals surface area contributed by atoms with Crippen LogP contribution in [0.15, 0.2) is 58.2 Å². The Bertz CT molecular complexity index is 864. The molecule has 1 heterocycles. The zero-order valence-corrected chi connectivity index (χ0v) is 16.1. The van der Waals surface area contributed by atoms with Gasteiger partial charge in [0.15, 0.2) is 0 Å². The molecule has 3 aromatic rings. The molecule has 3 rings (SSSR count). The van der Waals surface area contributed by atoms with Gasteiger partial charge in [-0.05, 0) is 60.7 Å². The fraction of sp³-hybridized carbons (Fsp3) is 0.176. The Morgan fingerprint density at radius 1 is 1.16 bits per heavy atom. The van der Waals surface area contributed by atoms with Gasteiger partial charge in [0.2, 0.25) is 11.1 Å². The summed E-state index contributed by atoms with van der Waals surface area (Å²) in [6.07, 6.45) is 0. The third-order valence-electron chi connectivity index (χ3n) is 3.48. The van der Waals surface area contributed by atoms with Crippen LogP contribution in [0.25, 0.3) is 5.69 Å². The molecule has 25 heavy (non-hydrogen) atoms. The summed E-state index contributed by atoms with van der Waals surface area (Å²) in [5, 5.41) is 14.9. The Balaban J connectivity index is 1.70. The van der Waals surface area contributed by atoms with Crippen molar-refractivity contribution in [2.24, 2.45) is 0 Å². The van der Waals surface area contributed by atoms with Gasteiger partial charge in [0.1, 0.15) is 0 Å². The number of nitrogens with zero attached hydrogens (tertiary/aromatic N) is 4. The number of hydrogen-bond donors (Lipinski definition) is 1. The van der Waals surface area contributed by atoms with E-state index in [1.54, 1.807) is 4.68 Å². The minimum atomic E-state index is -0.348. The van der Waals surface area contributed by atoms with Crippen LogP contribution in [0, 0.1) is 6.92 Å². The summed E-state index contributed by atoms with van der Waals surface area (Å²) < 4.78 is 2.60. The molecule has 8 heteroatoms. The van der Waals surface area contributed by atoms with Crippen molar-refractivity contribution in [3.63, 3.8) is 0 Å². The standard InChI is InChI=1S/C17H16BrN5OS/c1-11-3-9-15(10-4-11)23-17(20-21-22-23)25-12(2)16(24)19-14-7-5-13(18)6-8-14/h3-10,12H,1-2H3,(H,19,24). The molecule has 0 saturated heterocycles. The number of anilines is 1. The molecule has 0 aliphatic rings. The van der Waals surface area contributed by atoms with E-state index in [0.717, 1.165) is 21.4 Å². The van der Waals surface area contributed by atoms with Crippen molar-refractivity contribution in [2.45, 2.75) is 24.3 Å². The molecule has 0 radical (unpaired) electrons. The lowest BCUT2D eigenvalue weighted by Crippen LogP contribution is -2.22. The van der Waals surface area contributed by atoms with Gasteiger partial charge in [-0.25, -0.2) is 0 Å². The van der Waals surface area contributed by atoms with Crippen LogP contribution in [0.2, 0.25) is 0 Å². The van der Waals surface area contributed by atoms with Crippen molar-refractivity contribution < 1.29 is 4.79 Å². The summed E-state index contributed by atoms with van der Waals surface area (Å²) in [6.45, 7) is 3.85. The number of carbonyl (C=O) groups excluding carboxylic acids is 1. The summed E-state index contributed by atoms with van der Waals surface area (Å²) in [6, 6.07) is 15.3. The highest BCUT2D eigenvalue weighted by molar-refractivity contribution is 9.10. The third kappa shape index (κ3) is 4.46. The maximum atomic E-state index is 12.4. The van der Waals surface area contributed by atoms with E-state index in [9.17, 15) is 4.79 Å². The van der Waals surface area contributed by atoms with Crippen LogP contribution in [0.3, 0.4) is 0 Å². The lowest BCUT2D eigenvalue weighted by atomic mass is 10.2. The number of aryl methyl sites for hydroxylation is 1. The van der Waals surface area contributed by atoms with Crippen LogP contribution in [0.1, 0.15) is 12.5 Å². The molecule has 1 aromatic heterocycles. The molecule has 0 aliphatic heterocycles. The van der Waals surface area contributed by atoms with Gasteiger partial charge in [0, 0.05) is 10.2 Å². The van der Waals surface area contributed by atoms with Crippen molar-refractivity contribution in [1.82, 2.24) is 20.2 Å². The zero-order chi connectivity index (χ0) is 17.8. The minimum absolute atomic E-state index is 0.106. The van der Waals surface area contributed by atoms with Gasteiger partial charge in [-0.1, -0.05) is 45.4 Å². The van der Waals surface area contributed by atoms with E-state index in [4.69, 9.17) is 0 Å². The number of hydrogen-bond acceptors (Lipinski definition) is 5. The number of amides is 1. The van der Waals surface area contributed by atoms with E-state index >= 15 is 0 Å². The van der Waals surface area contributed by atoms with Crippen LogP contribution < -0.4 is 5.32 Å². The second kappa shape index (κ2) is 7.79. The van der Waals surface area contributed by atoms with Crippen LogP contribution >= 0.6 is 27.7 Å². The van der Waals surface area contributed by atoms with Crippen LogP contribution in [0.4, 0.5) is 5.69 Å². The summed E-state index contributed by atoms with van der Waals surface area (Å²) in [4.78, 5) is 12.4. The quantitative estimate of drug-likeness (QED) is 0.638. The fourth-order valence-electron chi connectivity index (χ4n) is 2.09.